The van der Waals surface area contributed by atoms with Crippen LogP contribution in [0.5, 0.6) is 0 Å². The molecule has 0 aliphatic carbocycles. The van der Waals surface area contributed by atoms with E-state index in [1.165, 1.54) is 25.3 Å². The van der Waals surface area contributed by atoms with E-state index in [2.05, 4.69) is 10.2 Å². The Morgan fingerprint density at radius 2 is 2.04 bits per heavy atom. The third-order valence-electron chi connectivity index (χ3n) is 5.13. The Balaban J connectivity index is 1.81. The monoisotopic (exact) mass is 353 g/mol. The Kier molecular flexibility index (Phi) is 7.72. The SMILES string of the molecule is CC(NC(=O)C=C(N)C(C)(C)COC1CCCCO1)N1CCCCC1. The summed E-state index contributed by atoms with van der Waals surface area (Å²) in [6.07, 6.45) is 8.23. The molecule has 6 nitrogen and oxygen atoms in total. The Morgan fingerprint density at radius 1 is 1.32 bits per heavy atom. The van der Waals surface area contributed by atoms with Gasteiger partial charge in [-0.15, -0.1) is 0 Å². The largest absolute Gasteiger partial charge is 0.401 e. The molecule has 0 aromatic heterocycles. The number of hydrogen-bond acceptors (Lipinski definition) is 5. The van der Waals surface area contributed by atoms with Crippen LogP contribution in [-0.4, -0.2) is 49.6 Å². The number of carbonyl (C=O) groups is 1. The van der Waals surface area contributed by atoms with Gasteiger partial charge in [-0.2, -0.15) is 0 Å². The smallest absolute Gasteiger partial charge is 0.246 e. The molecule has 0 radical (unpaired) electrons. The number of piperidine rings is 1. The first-order chi connectivity index (χ1) is 11.9. The molecule has 0 spiro atoms. The van der Waals surface area contributed by atoms with Crippen LogP contribution in [0.2, 0.25) is 0 Å². The summed E-state index contributed by atoms with van der Waals surface area (Å²) in [5.41, 5.74) is 6.31. The lowest BCUT2D eigenvalue weighted by Gasteiger charge is -2.32. The molecule has 144 valence electrons. The van der Waals surface area contributed by atoms with E-state index < -0.39 is 5.41 Å². The van der Waals surface area contributed by atoms with Gasteiger partial charge in [0.15, 0.2) is 6.29 Å². The second kappa shape index (κ2) is 9.55. The van der Waals surface area contributed by atoms with E-state index in [1.54, 1.807) is 0 Å². The van der Waals surface area contributed by atoms with Crippen LogP contribution in [0.1, 0.15) is 59.3 Å². The second-order valence-corrected chi connectivity index (χ2v) is 7.87. The number of nitrogens with zero attached hydrogens (tertiary/aromatic N) is 1. The first kappa shape index (κ1) is 20.2. The average molecular weight is 354 g/mol. The molecule has 3 N–H and O–H groups in total. The number of hydrogen-bond donors (Lipinski definition) is 2. The van der Waals surface area contributed by atoms with Gasteiger partial charge in [-0.1, -0.05) is 20.3 Å². The fraction of sp³-hybridized carbons (Fsp3) is 0.842. The van der Waals surface area contributed by atoms with Crippen LogP contribution in [0.4, 0.5) is 0 Å². The molecule has 25 heavy (non-hydrogen) atoms. The zero-order valence-corrected chi connectivity index (χ0v) is 16.1. The fourth-order valence-electron chi connectivity index (χ4n) is 3.21. The summed E-state index contributed by atoms with van der Waals surface area (Å²) in [6, 6.07) is 0. The molecule has 2 atom stereocenters. The maximum atomic E-state index is 12.3. The van der Waals surface area contributed by atoms with E-state index in [0.717, 1.165) is 39.0 Å². The minimum atomic E-state index is -0.410. The highest BCUT2D eigenvalue weighted by molar-refractivity contribution is 5.88. The molecule has 2 rings (SSSR count). The predicted molar refractivity (Wildman–Crippen MR) is 98.6 cm³/mol. The Labute approximate surface area is 152 Å². The van der Waals surface area contributed by atoms with Crippen LogP contribution >= 0.6 is 0 Å². The molecule has 2 aliphatic rings. The summed E-state index contributed by atoms with van der Waals surface area (Å²) in [4.78, 5) is 14.6. The molecule has 2 saturated heterocycles. The lowest BCUT2D eigenvalue weighted by molar-refractivity contribution is -0.173. The number of carbonyl (C=O) groups excluding carboxylic acids is 1. The first-order valence-electron chi connectivity index (χ1n) is 9.64. The van der Waals surface area contributed by atoms with Crippen LogP contribution in [0.25, 0.3) is 0 Å². The van der Waals surface area contributed by atoms with Crippen molar-refractivity contribution in [2.45, 2.75) is 71.8 Å². The van der Waals surface area contributed by atoms with Crippen LogP contribution < -0.4 is 11.1 Å². The highest BCUT2D eigenvalue weighted by atomic mass is 16.7. The third-order valence-corrected chi connectivity index (χ3v) is 5.13. The fourth-order valence-corrected chi connectivity index (χ4v) is 3.21. The third kappa shape index (κ3) is 6.60. The van der Waals surface area contributed by atoms with Crippen molar-refractivity contribution in [3.8, 4) is 0 Å². The normalized spacial score (nSPS) is 24.8. The maximum absolute atomic E-state index is 12.3. The van der Waals surface area contributed by atoms with E-state index >= 15 is 0 Å². The zero-order valence-electron chi connectivity index (χ0n) is 16.1. The molecular weight excluding hydrogens is 318 g/mol. The first-order valence-corrected chi connectivity index (χ1v) is 9.64. The average Bonchev–Trinajstić information content (AvgIpc) is 2.61. The molecule has 6 heteroatoms. The topological polar surface area (TPSA) is 76.8 Å². The number of ether oxygens (including phenoxy) is 2. The lowest BCUT2D eigenvalue weighted by atomic mass is 9.90. The van der Waals surface area contributed by atoms with Crippen molar-refractivity contribution < 1.29 is 14.3 Å². The molecule has 0 bridgehead atoms. The number of rotatable bonds is 7. The van der Waals surface area contributed by atoms with E-state index in [0.29, 0.717) is 12.3 Å². The van der Waals surface area contributed by atoms with E-state index in [4.69, 9.17) is 15.2 Å². The van der Waals surface area contributed by atoms with Crippen molar-refractivity contribution in [2.75, 3.05) is 26.3 Å². The van der Waals surface area contributed by atoms with E-state index in [-0.39, 0.29) is 18.4 Å². The summed E-state index contributed by atoms with van der Waals surface area (Å²) in [5, 5.41) is 3.02. The van der Waals surface area contributed by atoms with Gasteiger partial charge in [0.25, 0.3) is 0 Å². The Hall–Kier alpha value is -1.11. The van der Waals surface area contributed by atoms with Crippen molar-refractivity contribution in [1.82, 2.24) is 10.2 Å². The van der Waals surface area contributed by atoms with Gasteiger partial charge in [-0.05, 0) is 39.0 Å². The summed E-state index contributed by atoms with van der Waals surface area (Å²) in [7, 11) is 0. The van der Waals surface area contributed by atoms with Crippen LogP contribution in [0, 0.1) is 5.41 Å². The van der Waals surface area contributed by atoms with Crippen molar-refractivity contribution in [3.05, 3.63) is 11.8 Å². The standard InChI is InChI=1S/C19H35N3O3/c1-15(22-10-6-4-7-11-22)21-17(23)13-16(20)19(2,3)14-25-18-9-5-8-12-24-18/h13,15,18H,4-12,14,20H2,1-3H3,(H,21,23). The summed E-state index contributed by atoms with van der Waals surface area (Å²) in [5.74, 6) is -0.141. The molecule has 2 fully saturated rings. The lowest BCUT2D eigenvalue weighted by Crippen LogP contribution is -2.48. The van der Waals surface area contributed by atoms with Crippen molar-refractivity contribution in [2.24, 2.45) is 11.1 Å². The van der Waals surface area contributed by atoms with Crippen molar-refractivity contribution in [1.29, 1.82) is 0 Å². The van der Waals surface area contributed by atoms with Gasteiger partial charge in [-0.25, -0.2) is 0 Å². The van der Waals surface area contributed by atoms with Gasteiger partial charge in [-0.3, -0.25) is 9.69 Å². The second-order valence-electron chi connectivity index (χ2n) is 7.87. The number of nitrogens with two attached hydrogens (primary N) is 1. The van der Waals surface area contributed by atoms with Gasteiger partial charge in [0.2, 0.25) is 5.91 Å². The van der Waals surface area contributed by atoms with Crippen molar-refractivity contribution in [3.63, 3.8) is 0 Å². The maximum Gasteiger partial charge on any atom is 0.246 e. The number of likely N-dealkylation sites (tertiary alicyclic amines) is 1. The predicted octanol–water partition coefficient (Wildman–Crippen LogP) is 2.35. The molecular formula is C19H35N3O3. The van der Waals surface area contributed by atoms with Crippen molar-refractivity contribution >= 4 is 5.91 Å². The molecule has 1 amide bonds. The zero-order chi connectivity index (χ0) is 18.3. The Morgan fingerprint density at radius 3 is 2.68 bits per heavy atom. The minimum absolute atomic E-state index is 0.0341. The number of nitrogens with one attached hydrogen (secondary N) is 1. The molecule has 2 aliphatic heterocycles. The summed E-state index contributed by atoms with van der Waals surface area (Å²) in [6.45, 7) is 9.29. The van der Waals surface area contributed by atoms with Gasteiger partial charge >= 0.3 is 0 Å². The molecule has 0 aromatic rings. The minimum Gasteiger partial charge on any atom is -0.401 e. The molecule has 0 aromatic carbocycles. The highest BCUT2D eigenvalue weighted by Crippen LogP contribution is 2.25. The molecule has 2 unspecified atom stereocenters. The van der Waals surface area contributed by atoms with Gasteiger partial charge < -0.3 is 20.5 Å². The van der Waals surface area contributed by atoms with Gasteiger partial charge in [0, 0.05) is 36.9 Å². The van der Waals surface area contributed by atoms with Crippen LogP contribution in [-0.2, 0) is 14.3 Å². The summed E-state index contributed by atoms with van der Waals surface area (Å²) < 4.78 is 11.4. The highest BCUT2D eigenvalue weighted by Gasteiger charge is 2.26. The van der Waals surface area contributed by atoms with Gasteiger partial charge in [0.1, 0.15) is 0 Å². The number of amides is 1. The van der Waals surface area contributed by atoms with Crippen LogP contribution in [0.3, 0.4) is 0 Å². The molecule has 0 saturated carbocycles. The van der Waals surface area contributed by atoms with E-state index in [1.807, 2.05) is 20.8 Å². The summed E-state index contributed by atoms with van der Waals surface area (Å²) >= 11 is 0. The quantitative estimate of drug-likeness (QED) is 0.687. The van der Waals surface area contributed by atoms with Crippen LogP contribution in [0.15, 0.2) is 11.8 Å². The van der Waals surface area contributed by atoms with Gasteiger partial charge in [0.05, 0.1) is 12.8 Å². The Bertz CT molecular complexity index is 453. The van der Waals surface area contributed by atoms with E-state index in [9.17, 15) is 4.79 Å². The molecule has 2 heterocycles.